The van der Waals surface area contributed by atoms with Crippen LogP contribution in [0.15, 0.2) is 118 Å². The summed E-state index contributed by atoms with van der Waals surface area (Å²) in [5.41, 5.74) is 20.0. The van der Waals surface area contributed by atoms with E-state index in [4.69, 9.17) is 5.73 Å². The average Bonchev–Trinajstić information content (AvgIpc) is 3.86. The third-order valence-corrected chi connectivity index (χ3v) is 19.5. The SMILES string of the molecule is CC1(C)C2C=CCC(C3=CC(C4CC=CC(C5=CC(C6=CCCCC6)=CC([C@]6(CC7CCC8=C(CCCC8)C7)NC6(N)C6CC=CCC6)C5)C4)=CCC3)C2C2C=CCCC21. The Morgan fingerprint density at radius 3 is 2.45 bits per heavy atom. The van der Waals surface area contributed by atoms with Gasteiger partial charge in [0, 0.05) is 5.92 Å². The third kappa shape index (κ3) is 7.04. The van der Waals surface area contributed by atoms with Crippen molar-refractivity contribution in [3.8, 4) is 0 Å². The Morgan fingerprint density at radius 2 is 1.58 bits per heavy atom. The first kappa shape index (κ1) is 40.1. The fourth-order valence-corrected chi connectivity index (χ4v) is 16.2. The molecular formula is C58H78N2. The Labute approximate surface area is 364 Å². The maximum atomic E-state index is 7.85. The van der Waals surface area contributed by atoms with Gasteiger partial charge in [0.2, 0.25) is 0 Å². The van der Waals surface area contributed by atoms with Gasteiger partial charge in [-0.1, -0.05) is 115 Å². The fraction of sp³-hybridized carbons (Fsp3) is 0.655. The van der Waals surface area contributed by atoms with Gasteiger partial charge in [0.15, 0.2) is 0 Å². The van der Waals surface area contributed by atoms with Crippen LogP contribution in [0.5, 0.6) is 0 Å². The fourth-order valence-electron chi connectivity index (χ4n) is 16.2. The summed E-state index contributed by atoms with van der Waals surface area (Å²) in [4.78, 5) is 0. The quantitative estimate of drug-likeness (QED) is 0.190. The van der Waals surface area contributed by atoms with E-state index < -0.39 is 0 Å². The zero-order valence-electron chi connectivity index (χ0n) is 37.6. The van der Waals surface area contributed by atoms with Crippen molar-refractivity contribution in [2.45, 2.75) is 173 Å². The van der Waals surface area contributed by atoms with Crippen molar-refractivity contribution in [2.75, 3.05) is 0 Å². The summed E-state index contributed by atoms with van der Waals surface area (Å²) >= 11 is 0. The van der Waals surface area contributed by atoms with E-state index in [9.17, 15) is 0 Å². The van der Waals surface area contributed by atoms with Crippen LogP contribution in [-0.2, 0) is 0 Å². The average molecular weight is 803 g/mol. The predicted octanol–water partition coefficient (Wildman–Crippen LogP) is 14.4. The molecule has 320 valence electrons. The molecule has 10 aliphatic carbocycles. The maximum absolute atomic E-state index is 7.85. The first-order chi connectivity index (χ1) is 29.3. The number of fused-ring (bicyclic) bond motifs is 3. The lowest BCUT2D eigenvalue weighted by molar-refractivity contribution is 0.179. The monoisotopic (exact) mass is 803 g/mol. The van der Waals surface area contributed by atoms with Gasteiger partial charge < -0.3 is 5.73 Å². The lowest BCUT2D eigenvalue weighted by Crippen LogP contribution is -2.47. The Morgan fingerprint density at radius 1 is 0.717 bits per heavy atom. The van der Waals surface area contributed by atoms with Crippen molar-refractivity contribution in [3.05, 3.63) is 118 Å². The smallest absolute Gasteiger partial charge is 0.0893 e. The first-order valence-electron chi connectivity index (χ1n) is 25.8. The molecule has 1 heterocycles. The van der Waals surface area contributed by atoms with Crippen LogP contribution >= 0.6 is 0 Å². The van der Waals surface area contributed by atoms with Crippen LogP contribution < -0.4 is 11.1 Å². The van der Waals surface area contributed by atoms with E-state index in [0.29, 0.717) is 40.9 Å². The van der Waals surface area contributed by atoms with E-state index >= 15 is 0 Å². The molecule has 1 saturated heterocycles. The van der Waals surface area contributed by atoms with Gasteiger partial charge in [-0.25, -0.2) is 0 Å². The molecule has 0 aromatic rings. The van der Waals surface area contributed by atoms with E-state index in [-0.39, 0.29) is 11.2 Å². The Kier molecular flexibility index (Phi) is 10.8. The summed E-state index contributed by atoms with van der Waals surface area (Å²) in [5, 5.41) is 4.29. The van der Waals surface area contributed by atoms with E-state index in [0.717, 1.165) is 36.5 Å². The molecule has 11 aliphatic rings. The second-order valence-corrected chi connectivity index (χ2v) is 22.9. The van der Waals surface area contributed by atoms with Crippen LogP contribution in [-0.4, -0.2) is 11.2 Å². The highest BCUT2D eigenvalue weighted by atomic mass is 15.4. The molecule has 0 radical (unpaired) electrons. The van der Waals surface area contributed by atoms with Gasteiger partial charge in [0.25, 0.3) is 0 Å². The minimum atomic E-state index is -0.275. The van der Waals surface area contributed by atoms with Crippen LogP contribution in [0.3, 0.4) is 0 Å². The molecule has 2 nitrogen and oxygen atoms in total. The minimum Gasteiger partial charge on any atom is -0.311 e. The maximum Gasteiger partial charge on any atom is 0.0893 e. The van der Waals surface area contributed by atoms with Crippen molar-refractivity contribution in [2.24, 2.45) is 70.3 Å². The second-order valence-electron chi connectivity index (χ2n) is 22.9. The summed E-state index contributed by atoms with van der Waals surface area (Å²) in [6.45, 7) is 5.21. The summed E-state index contributed by atoms with van der Waals surface area (Å²) in [7, 11) is 0. The molecule has 1 saturated carbocycles. The highest BCUT2D eigenvalue weighted by Crippen LogP contribution is 2.63. The summed E-state index contributed by atoms with van der Waals surface area (Å²) in [5.74, 6) is 6.63. The highest BCUT2D eigenvalue weighted by Gasteiger charge is 2.70. The van der Waals surface area contributed by atoms with Crippen LogP contribution in [0.4, 0.5) is 0 Å². The largest absolute Gasteiger partial charge is 0.311 e. The highest BCUT2D eigenvalue weighted by molar-refractivity contribution is 5.49. The molecule has 11 unspecified atom stereocenters. The van der Waals surface area contributed by atoms with Gasteiger partial charge in [0.1, 0.15) is 0 Å². The van der Waals surface area contributed by atoms with Gasteiger partial charge in [0.05, 0.1) is 11.2 Å². The number of allylic oxidation sites excluding steroid dienone is 19. The van der Waals surface area contributed by atoms with E-state index in [1.807, 2.05) is 11.1 Å². The molecule has 0 amide bonds. The van der Waals surface area contributed by atoms with Gasteiger partial charge >= 0.3 is 0 Å². The topological polar surface area (TPSA) is 48.0 Å². The number of nitrogens with one attached hydrogen (secondary N) is 1. The van der Waals surface area contributed by atoms with Crippen molar-refractivity contribution in [1.82, 2.24) is 5.32 Å². The van der Waals surface area contributed by atoms with E-state index in [1.54, 1.807) is 27.9 Å². The molecule has 0 aromatic carbocycles. The van der Waals surface area contributed by atoms with Crippen LogP contribution in [0.25, 0.3) is 0 Å². The Balaban J connectivity index is 0.874. The number of nitrogens with two attached hydrogens (primary N) is 1. The van der Waals surface area contributed by atoms with Crippen LogP contribution in [0, 0.1) is 64.6 Å². The zero-order valence-corrected chi connectivity index (χ0v) is 37.6. The standard InChI is InChI=1S/C58H78N2/c1-56(2)53-28-12-11-26-52(53)55-51(27-15-29-54(55)56)46-23-14-21-44(34-46)43-20-13-22-45(33-43)48-35-47(40-16-5-3-6-17-40)36-50(37-48)57(58(59,60-57)49-24-7-4-8-25-49)38-39-30-31-41-18-9-10-19-42(41)32-39/h4,7,11,13,15-16,21-22,26,29,34-36,39,43,45,49-55,60H,3,5-6,8-10,12,14,17-20,23-25,27-28,30-33,37-38,59H2,1-2H3/t39?,43?,45?,49?,50?,51?,52?,53?,54?,55?,57-,58?/m0/s1. The van der Waals surface area contributed by atoms with Gasteiger partial charge in [-0.15, -0.1) is 0 Å². The first-order valence-corrected chi connectivity index (χ1v) is 25.8. The van der Waals surface area contributed by atoms with Crippen molar-refractivity contribution < 1.29 is 0 Å². The summed E-state index contributed by atoms with van der Waals surface area (Å²) in [6.07, 6.45) is 63.6. The van der Waals surface area contributed by atoms with Gasteiger partial charge in [-0.05, 0) is 223 Å². The van der Waals surface area contributed by atoms with E-state index in [1.165, 1.54) is 135 Å². The molecule has 60 heavy (non-hydrogen) atoms. The van der Waals surface area contributed by atoms with E-state index in [2.05, 4.69) is 98.2 Å². The molecule has 1 aliphatic heterocycles. The normalized spacial score (nSPS) is 43.2. The number of hydrogen-bond acceptors (Lipinski definition) is 2. The lowest BCUT2D eigenvalue weighted by atomic mass is 9.64. The molecule has 11 rings (SSSR count). The summed E-state index contributed by atoms with van der Waals surface area (Å²) < 4.78 is 0. The van der Waals surface area contributed by atoms with Crippen LogP contribution in [0.2, 0.25) is 0 Å². The zero-order chi connectivity index (χ0) is 40.5. The molecular weight excluding hydrogens is 725 g/mol. The second kappa shape index (κ2) is 16.1. The molecule has 0 aromatic heterocycles. The third-order valence-electron chi connectivity index (χ3n) is 19.5. The Hall–Kier alpha value is -2.68. The number of rotatable bonds is 8. The molecule has 0 bridgehead atoms. The molecule has 2 heteroatoms. The van der Waals surface area contributed by atoms with Gasteiger partial charge in [-0.2, -0.15) is 0 Å². The number of hydrogen-bond donors (Lipinski definition) is 2. The lowest BCUT2D eigenvalue weighted by Gasteiger charge is -2.40. The minimum absolute atomic E-state index is 0.0187. The van der Waals surface area contributed by atoms with Gasteiger partial charge in [-0.3, -0.25) is 5.32 Å². The van der Waals surface area contributed by atoms with Crippen molar-refractivity contribution in [3.63, 3.8) is 0 Å². The predicted molar refractivity (Wildman–Crippen MR) is 252 cm³/mol. The van der Waals surface area contributed by atoms with Crippen molar-refractivity contribution >= 4 is 0 Å². The molecule has 2 fully saturated rings. The molecule has 0 spiro atoms. The van der Waals surface area contributed by atoms with Crippen molar-refractivity contribution in [1.29, 1.82) is 0 Å². The summed E-state index contributed by atoms with van der Waals surface area (Å²) in [6, 6.07) is 0. The Bertz CT molecular complexity index is 2000. The van der Waals surface area contributed by atoms with Crippen LogP contribution in [0.1, 0.15) is 162 Å². The molecule has 3 N–H and O–H groups in total. The molecule has 12 atom stereocenters.